The van der Waals surface area contributed by atoms with Crippen molar-refractivity contribution in [3.05, 3.63) is 48.5 Å². The van der Waals surface area contributed by atoms with Crippen LogP contribution in [0.1, 0.15) is 0 Å². The summed E-state index contributed by atoms with van der Waals surface area (Å²) in [6, 6.07) is 16.6. The van der Waals surface area contributed by atoms with E-state index in [1.54, 1.807) is 0 Å². The molecule has 2 heterocycles. The van der Waals surface area contributed by atoms with E-state index in [1.807, 2.05) is 12.1 Å². The molecule has 2 aromatic carbocycles. The Morgan fingerprint density at radius 3 is 1.56 bits per heavy atom. The quantitative estimate of drug-likeness (QED) is 0.505. The number of rotatable bonds is 1. The second kappa shape index (κ2) is 3.86. The van der Waals surface area contributed by atoms with E-state index in [9.17, 15) is 0 Å². The lowest BCUT2D eigenvalue weighted by atomic mass is 10.1. The van der Waals surface area contributed by atoms with E-state index in [0.717, 1.165) is 11.4 Å². The summed E-state index contributed by atoms with van der Waals surface area (Å²) in [5.74, 6) is 0. The molecule has 0 amide bonds. The van der Waals surface area contributed by atoms with Gasteiger partial charge >= 0.3 is 0 Å². The summed E-state index contributed by atoms with van der Waals surface area (Å²) in [4.78, 5) is 0. The maximum absolute atomic E-state index is 4.57. The third kappa shape index (κ3) is 1.39. The molecule has 0 aliphatic carbocycles. The molecule has 2 nitrogen and oxygen atoms in total. The standard InChI is InChI=1S/C14H8N2S2/c1-3-7-11-9(5-1)13(15-17-11)14-10-6-2-4-8-12(10)18-16-14/h1-8H. The van der Waals surface area contributed by atoms with Gasteiger partial charge in [0, 0.05) is 10.8 Å². The largest absolute Gasteiger partial charge is 0.190 e. The highest BCUT2D eigenvalue weighted by Gasteiger charge is 2.13. The smallest absolute Gasteiger partial charge is 0.112 e. The van der Waals surface area contributed by atoms with Gasteiger partial charge in [0.05, 0.1) is 9.40 Å². The Morgan fingerprint density at radius 1 is 0.611 bits per heavy atom. The zero-order chi connectivity index (χ0) is 11.9. The predicted molar refractivity (Wildman–Crippen MR) is 78.2 cm³/mol. The molecule has 86 valence electrons. The highest BCUT2D eigenvalue weighted by atomic mass is 32.1. The van der Waals surface area contributed by atoms with E-state index in [0.29, 0.717) is 0 Å². The third-order valence-electron chi connectivity index (χ3n) is 2.98. The number of hydrogen-bond donors (Lipinski definition) is 0. The van der Waals surface area contributed by atoms with E-state index < -0.39 is 0 Å². The van der Waals surface area contributed by atoms with Gasteiger partial charge in [0.1, 0.15) is 11.4 Å². The van der Waals surface area contributed by atoms with Gasteiger partial charge in [-0.2, -0.15) is 8.75 Å². The minimum atomic E-state index is 1.01. The van der Waals surface area contributed by atoms with E-state index in [4.69, 9.17) is 0 Å². The van der Waals surface area contributed by atoms with Gasteiger partial charge in [0.15, 0.2) is 0 Å². The van der Waals surface area contributed by atoms with Crippen molar-refractivity contribution in [1.82, 2.24) is 8.75 Å². The highest BCUT2D eigenvalue weighted by molar-refractivity contribution is 7.14. The molecule has 0 fully saturated rings. The first-order chi connectivity index (χ1) is 8.93. The van der Waals surface area contributed by atoms with Crippen LogP contribution in [0, 0.1) is 0 Å². The van der Waals surface area contributed by atoms with E-state index in [2.05, 4.69) is 45.1 Å². The maximum Gasteiger partial charge on any atom is 0.112 e. The van der Waals surface area contributed by atoms with Crippen LogP contribution in [0.15, 0.2) is 48.5 Å². The van der Waals surface area contributed by atoms with Crippen molar-refractivity contribution in [2.45, 2.75) is 0 Å². The molecule has 0 atom stereocenters. The second-order valence-corrected chi connectivity index (χ2v) is 5.66. The van der Waals surface area contributed by atoms with Gasteiger partial charge in [-0.15, -0.1) is 0 Å². The van der Waals surface area contributed by atoms with Crippen LogP contribution >= 0.6 is 23.1 Å². The summed E-state index contributed by atoms with van der Waals surface area (Å²) >= 11 is 3.07. The summed E-state index contributed by atoms with van der Waals surface area (Å²) in [6.07, 6.45) is 0. The van der Waals surface area contributed by atoms with Crippen molar-refractivity contribution >= 4 is 43.2 Å². The monoisotopic (exact) mass is 268 g/mol. The Labute approximate surface area is 112 Å². The van der Waals surface area contributed by atoms with Gasteiger partial charge in [0.2, 0.25) is 0 Å². The highest BCUT2D eigenvalue weighted by Crippen LogP contribution is 2.35. The Hall–Kier alpha value is -1.78. The second-order valence-electron chi connectivity index (χ2n) is 4.05. The molecule has 4 aromatic rings. The number of benzene rings is 2. The fourth-order valence-electron chi connectivity index (χ4n) is 2.11. The van der Waals surface area contributed by atoms with Gasteiger partial charge in [-0.1, -0.05) is 36.4 Å². The molecule has 2 aromatic heterocycles. The molecule has 0 saturated heterocycles. The fraction of sp³-hybridized carbons (Fsp3) is 0. The summed E-state index contributed by atoms with van der Waals surface area (Å²) in [6.45, 7) is 0. The number of fused-ring (bicyclic) bond motifs is 2. The van der Waals surface area contributed by atoms with Crippen LogP contribution in [0.25, 0.3) is 31.6 Å². The number of nitrogens with zero attached hydrogens (tertiary/aromatic N) is 2. The van der Waals surface area contributed by atoms with Crippen molar-refractivity contribution < 1.29 is 0 Å². The minimum Gasteiger partial charge on any atom is -0.190 e. The Balaban J connectivity index is 2.08. The lowest BCUT2D eigenvalue weighted by Crippen LogP contribution is -1.78. The first kappa shape index (κ1) is 10.2. The molecule has 4 rings (SSSR count). The molecular formula is C14H8N2S2. The molecule has 0 unspecified atom stereocenters. The van der Waals surface area contributed by atoms with Gasteiger partial charge < -0.3 is 0 Å². The summed E-state index contributed by atoms with van der Waals surface area (Å²) in [5, 5.41) is 2.39. The van der Waals surface area contributed by atoms with Crippen molar-refractivity contribution in [2.24, 2.45) is 0 Å². The van der Waals surface area contributed by atoms with E-state index in [-0.39, 0.29) is 0 Å². The molecule has 0 spiro atoms. The SMILES string of the molecule is c1ccc2c(-c3nsc4ccccc34)nsc2c1. The molecule has 4 heteroatoms. The maximum atomic E-state index is 4.57. The summed E-state index contributed by atoms with van der Waals surface area (Å²) in [5.41, 5.74) is 2.01. The first-order valence-corrected chi connectivity index (χ1v) is 7.17. The lowest BCUT2D eigenvalue weighted by molar-refractivity contribution is 1.49. The summed E-state index contributed by atoms with van der Waals surface area (Å²) < 4.78 is 11.6. The molecule has 0 N–H and O–H groups in total. The average Bonchev–Trinajstić information content (AvgIpc) is 3.01. The molecular weight excluding hydrogens is 260 g/mol. The topological polar surface area (TPSA) is 25.8 Å². The minimum absolute atomic E-state index is 1.01. The molecule has 0 radical (unpaired) electrons. The average molecular weight is 268 g/mol. The van der Waals surface area contributed by atoms with Crippen LogP contribution in [-0.2, 0) is 0 Å². The normalized spacial score (nSPS) is 11.3. The Kier molecular flexibility index (Phi) is 2.18. The number of aromatic nitrogens is 2. The van der Waals surface area contributed by atoms with Crippen LogP contribution in [0.4, 0.5) is 0 Å². The van der Waals surface area contributed by atoms with Crippen molar-refractivity contribution in [2.75, 3.05) is 0 Å². The van der Waals surface area contributed by atoms with Crippen LogP contribution in [0.3, 0.4) is 0 Å². The van der Waals surface area contributed by atoms with E-state index >= 15 is 0 Å². The van der Waals surface area contributed by atoms with Crippen LogP contribution in [0.5, 0.6) is 0 Å². The predicted octanol–water partition coefficient (Wildman–Crippen LogP) is 4.57. The van der Waals surface area contributed by atoms with Gasteiger partial charge in [-0.25, -0.2) is 0 Å². The van der Waals surface area contributed by atoms with E-state index in [1.165, 1.54) is 43.2 Å². The van der Waals surface area contributed by atoms with Gasteiger partial charge in [-0.3, -0.25) is 0 Å². The van der Waals surface area contributed by atoms with Crippen LogP contribution < -0.4 is 0 Å². The van der Waals surface area contributed by atoms with Crippen LogP contribution in [0.2, 0.25) is 0 Å². The zero-order valence-corrected chi connectivity index (χ0v) is 11.0. The van der Waals surface area contributed by atoms with Crippen molar-refractivity contribution in [3.63, 3.8) is 0 Å². The van der Waals surface area contributed by atoms with Gasteiger partial charge in [0.25, 0.3) is 0 Å². The van der Waals surface area contributed by atoms with Crippen molar-refractivity contribution in [3.8, 4) is 11.4 Å². The zero-order valence-electron chi connectivity index (χ0n) is 9.33. The lowest BCUT2D eigenvalue weighted by Gasteiger charge is -1.94. The Morgan fingerprint density at radius 2 is 1.06 bits per heavy atom. The third-order valence-corrected chi connectivity index (χ3v) is 4.63. The Bertz CT molecular complexity index is 773. The summed E-state index contributed by atoms with van der Waals surface area (Å²) in [7, 11) is 0. The molecule has 0 bridgehead atoms. The molecule has 0 aliphatic heterocycles. The molecule has 18 heavy (non-hydrogen) atoms. The van der Waals surface area contributed by atoms with Crippen LogP contribution in [-0.4, -0.2) is 8.75 Å². The fourth-order valence-corrected chi connectivity index (χ4v) is 3.67. The molecule has 0 aliphatic rings. The van der Waals surface area contributed by atoms with Gasteiger partial charge in [-0.05, 0) is 35.2 Å². The first-order valence-electron chi connectivity index (χ1n) is 5.63. The number of hydrogen-bond acceptors (Lipinski definition) is 4. The van der Waals surface area contributed by atoms with Crippen molar-refractivity contribution in [1.29, 1.82) is 0 Å². The molecule has 0 saturated carbocycles.